The third-order valence-electron chi connectivity index (χ3n) is 2.47. The first-order chi connectivity index (χ1) is 8.72. The number of halogens is 3. The van der Waals surface area contributed by atoms with Crippen LogP contribution in [0, 0.1) is 0 Å². The molecule has 0 saturated carbocycles. The second-order valence-electron chi connectivity index (χ2n) is 3.62. The van der Waals surface area contributed by atoms with Crippen molar-refractivity contribution in [3.63, 3.8) is 0 Å². The summed E-state index contributed by atoms with van der Waals surface area (Å²) >= 11 is 0. The second-order valence-corrected chi connectivity index (χ2v) is 3.62. The second kappa shape index (κ2) is 5.35. The van der Waals surface area contributed by atoms with E-state index in [9.17, 15) is 18.0 Å². The van der Waals surface area contributed by atoms with Gasteiger partial charge in [0, 0.05) is 0 Å². The van der Waals surface area contributed by atoms with Crippen molar-refractivity contribution in [3.05, 3.63) is 23.3 Å². The molecule has 19 heavy (non-hydrogen) atoms. The van der Waals surface area contributed by atoms with Crippen molar-refractivity contribution in [1.82, 2.24) is 0 Å². The lowest BCUT2D eigenvalue weighted by Gasteiger charge is -2.19. The minimum Gasteiger partial charge on any atom is -0.493 e. The summed E-state index contributed by atoms with van der Waals surface area (Å²) in [4.78, 5) is 11.0. The van der Waals surface area contributed by atoms with Gasteiger partial charge in [0.2, 0.25) is 0 Å². The lowest BCUT2D eigenvalue weighted by molar-refractivity contribution is -0.149. The predicted octanol–water partition coefficient (Wildman–Crippen LogP) is 1.96. The zero-order valence-corrected chi connectivity index (χ0v) is 10.1. The van der Waals surface area contributed by atoms with E-state index in [2.05, 4.69) is 0 Å². The fourth-order valence-corrected chi connectivity index (χ4v) is 1.51. The number of hydrogen-bond acceptors (Lipinski definition) is 4. The van der Waals surface area contributed by atoms with Crippen molar-refractivity contribution < 1.29 is 32.5 Å². The monoisotopic (exact) mass is 279 g/mol. The van der Waals surface area contributed by atoms with Gasteiger partial charge in [0.1, 0.15) is 6.04 Å². The molecule has 1 rings (SSSR count). The van der Waals surface area contributed by atoms with Crippen molar-refractivity contribution in [2.24, 2.45) is 5.73 Å². The summed E-state index contributed by atoms with van der Waals surface area (Å²) in [5, 5.41) is 8.94. The van der Waals surface area contributed by atoms with Crippen molar-refractivity contribution in [2.45, 2.75) is 12.2 Å². The molecular weight excluding hydrogens is 267 g/mol. The van der Waals surface area contributed by atoms with Gasteiger partial charge in [-0.15, -0.1) is 0 Å². The normalized spacial score (nSPS) is 12.9. The first kappa shape index (κ1) is 15.1. The number of carboxylic acid groups (broad SMARTS) is 1. The van der Waals surface area contributed by atoms with E-state index < -0.39 is 29.3 Å². The SMILES string of the molecule is COc1cc(C(=O)O)c([C@@H](N)C(F)(F)F)cc1OC. The highest BCUT2D eigenvalue weighted by Crippen LogP contribution is 2.38. The molecule has 1 aromatic rings. The Morgan fingerprint density at radius 3 is 2.11 bits per heavy atom. The van der Waals surface area contributed by atoms with Crippen molar-refractivity contribution >= 4 is 5.97 Å². The molecule has 0 amide bonds. The topological polar surface area (TPSA) is 81.8 Å². The standard InChI is InChI=1S/C11H12F3NO4/c1-18-7-3-5(9(15)11(12,13)14)6(10(16)17)4-8(7)19-2/h3-4,9H,15H2,1-2H3,(H,16,17)/t9-/m1/s1. The number of ether oxygens (including phenoxy) is 2. The van der Waals surface area contributed by atoms with E-state index in [0.717, 1.165) is 12.1 Å². The zero-order chi connectivity index (χ0) is 14.8. The van der Waals surface area contributed by atoms with Crippen LogP contribution in [0.25, 0.3) is 0 Å². The molecule has 0 aliphatic carbocycles. The maximum Gasteiger partial charge on any atom is 0.407 e. The van der Waals surface area contributed by atoms with Gasteiger partial charge in [-0.25, -0.2) is 4.79 Å². The zero-order valence-electron chi connectivity index (χ0n) is 10.1. The van der Waals surface area contributed by atoms with Crippen LogP contribution in [-0.2, 0) is 0 Å². The van der Waals surface area contributed by atoms with Crippen molar-refractivity contribution in [3.8, 4) is 11.5 Å². The van der Waals surface area contributed by atoms with Crippen LogP contribution in [0.15, 0.2) is 12.1 Å². The molecule has 0 heterocycles. The van der Waals surface area contributed by atoms with E-state index >= 15 is 0 Å². The highest BCUT2D eigenvalue weighted by atomic mass is 19.4. The maximum absolute atomic E-state index is 12.6. The van der Waals surface area contributed by atoms with Gasteiger partial charge in [-0.3, -0.25) is 0 Å². The number of alkyl halides is 3. The largest absolute Gasteiger partial charge is 0.493 e. The van der Waals surface area contributed by atoms with Crippen LogP contribution >= 0.6 is 0 Å². The molecule has 0 aliphatic heterocycles. The Morgan fingerprint density at radius 2 is 1.74 bits per heavy atom. The van der Waals surface area contributed by atoms with E-state index in [1.807, 2.05) is 0 Å². The van der Waals surface area contributed by atoms with Gasteiger partial charge in [-0.2, -0.15) is 13.2 Å². The lowest BCUT2D eigenvalue weighted by Crippen LogP contribution is -2.30. The van der Waals surface area contributed by atoms with E-state index in [0.29, 0.717) is 0 Å². The molecule has 0 unspecified atom stereocenters. The van der Waals surface area contributed by atoms with Crippen LogP contribution < -0.4 is 15.2 Å². The smallest absolute Gasteiger partial charge is 0.407 e. The third-order valence-corrected chi connectivity index (χ3v) is 2.47. The van der Waals surface area contributed by atoms with Crippen molar-refractivity contribution in [1.29, 1.82) is 0 Å². The average Bonchev–Trinajstić information content (AvgIpc) is 2.34. The maximum atomic E-state index is 12.6. The molecule has 0 spiro atoms. The number of hydrogen-bond donors (Lipinski definition) is 2. The molecule has 5 nitrogen and oxygen atoms in total. The minimum absolute atomic E-state index is 0.0121. The number of aromatic carboxylic acids is 1. The Morgan fingerprint density at radius 1 is 1.26 bits per heavy atom. The highest BCUT2D eigenvalue weighted by Gasteiger charge is 2.40. The van der Waals surface area contributed by atoms with E-state index in [1.54, 1.807) is 0 Å². The van der Waals surface area contributed by atoms with Gasteiger partial charge in [-0.1, -0.05) is 0 Å². The molecule has 106 valence electrons. The number of rotatable bonds is 4. The predicted molar refractivity (Wildman–Crippen MR) is 59.5 cm³/mol. The Hall–Kier alpha value is -1.96. The van der Waals surface area contributed by atoms with Crippen molar-refractivity contribution in [2.75, 3.05) is 14.2 Å². The summed E-state index contributed by atoms with van der Waals surface area (Å²) in [7, 11) is 2.47. The molecule has 0 aromatic heterocycles. The van der Waals surface area contributed by atoms with Gasteiger partial charge in [0.25, 0.3) is 0 Å². The molecule has 1 aromatic carbocycles. The molecule has 1 atom stereocenters. The molecule has 0 radical (unpaired) electrons. The molecular formula is C11H12F3NO4. The molecule has 0 aliphatic rings. The Kier molecular flexibility index (Phi) is 4.25. The van der Waals surface area contributed by atoms with E-state index in [4.69, 9.17) is 20.3 Å². The summed E-state index contributed by atoms with van der Waals surface area (Å²) in [6.45, 7) is 0. The Labute approximate surface area is 106 Å². The van der Waals surface area contributed by atoms with Crippen LogP contribution in [0.1, 0.15) is 22.0 Å². The lowest BCUT2D eigenvalue weighted by atomic mass is 9.99. The summed E-state index contributed by atoms with van der Waals surface area (Å²) in [5.41, 5.74) is 3.87. The minimum atomic E-state index is -4.76. The van der Waals surface area contributed by atoms with Gasteiger partial charge in [-0.05, 0) is 17.7 Å². The number of carbonyl (C=O) groups is 1. The number of methoxy groups -OCH3 is 2. The van der Waals surface area contributed by atoms with Crippen LogP contribution in [-0.4, -0.2) is 31.5 Å². The summed E-state index contributed by atoms with van der Waals surface area (Å²) in [6.07, 6.45) is -4.76. The highest BCUT2D eigenvalue weighted by molar-refractivity contribution is 5.90. The third kappa shape index (κ3) is 3.08. The first-order valence-electron chi connectivity index (χ1n) is 5.03. The Balaban J connectivity index is 3.48. The fourth-order valence-electron chi connectivity index (χ4n) is 1.51. The van der Waals surface area contributed by atoms with Gasteiger partial charge >= 0.3 is 12.1 Å². The van der Waals surface area contributed by atoms with Crippen LogP contribution in [0.2, 0.25) is 0 Å². The molecule has 8 heteroatoms. The molecule has 0 bridgehead atoms. The Bertz CT molecular complexity index is 488. The van der Waals surface area contributed by atoms with Crippen LogP contribution in [0.5, 0.6) is 11.5 Å². The first-order valence-corrected chi connectivity index (χ1v) is 5.03. The average molecular weight is 279 g/mol. The molecule has 0 fully saturated rings. The molecule has 0 saturated heterocycles. The van der Waals surface area contributed by atoms with Gasteiger partial charge < -0.3 is 20.3 Å². The fraction of sp³-hybridized carbons (Fsp3) is 0.364. The number of benzene rings is 1. The van der Waals surface area contributed by atoms with Crippen LogP contribution in [0.4, 0.5) is 13.2 Å². The van der Waals surface area contributed by atoms with E-state index in [1.165, 1.54) is 14.2 Å². The molecule has 3 N–H and O–H groups in total. The van der Waals surface area contributed by atoms with Crippen LogP contribution in [0.3, 0.4) is 0 Å². The summed E-state index contributed by atoms with van der Waals surface area (Å²) in [6, 6.07) is -0.555. The summed E-state index contributed by atoms with van der Waals surface area (Å²) in [5.74, 6) is -1.55. The number of nitrogens with two attached hydrogens (primary N) is 1. The van der Waals surface area contributed by atoms with Gasteiger partial charge in [0.15, 0.2) is 11.5 Å². The number of carboxylic acids is 1. The van der Waals surface area contributed by atoms with Gasteiger partial charge in [0.05, 0.1) is 19.8 Å². The summed E-state index contributed by atoms with van der Waals surface area (Å²) < 4.78 is 47.5. The van der Waals surface area contributed by atoms with E-state index in [-0.39, 0.29) is 11.5 Å². The quantitative estimate of drug-likeness (QED) is 0.880.